The van der Waals surface area contributed by atoms with Gasteiger partial charge in [-0.15, -0.1) is 6.58 Å². The van der Waals surface area contributed by atoms with Crippen LogP contribution in [0.4, 0.5) is 0 Å². The summed E-state index contributed by atoms with van der Waals surface area (Å²) in [6.45, 7) is 14.0. The van der Waals surface area contributed by atoms with Gasteiger partial charge in [-0.05, 0) is 11.6 Å². The van der Waals surface area contributed by atoms with Crippen molar-refractivity contribution >= 4 is 24.1 Å². The molecule has 1 atom stereocenters. The molecule has 0 radical (unpaired) electrons. The number of esters is 1. The third kappa shape index (κ3) is 6.23. The number of hydrogen-bond acceptors (Lipinski definition) is 4. The van der Waals surface area contributed by atoms with Crippen molar-refractivity contribution in [1.82, 2.24) is 4.31 Å². The Hall–Kier alpha value is -1.70. The Morgan fingerprint density at radius 1 is 1.27 bits per heavy atom. The molecule has 144 valence electrons. The number of carbonyl (C=O) groups is 1. The highest BCUT2D eigenvalue weighted by Gasteiger charge is 2.35. The van der Waals surface area contributed by atoms with Gasteiger partial charge in [-0.25, -0.2) is 13.2 Å². The van der Waals surface area contributed by atoms with E-state index in [1.165, 1.54) is 17.5 Å². The predicted molar refractivity (Wildman–Crippen MR) is 109 cm³/mol. The molecule has 5 nitrogen and oxygen atoms in total. The number of rotatable bonds is 10. The highest BCUT2D eigenvalue weighted by molar-refractivity contribution is 7.89. The van der Waals surface area contributed by atoms with Crippen LogP contribution in [-0.2, 0) is 19.6 Å². The molecule has 1 aromatic rings. The lowest BCUT2D eigenvalue weighted by Gasteiger charge is -2.31. The number of hydrogen-bond donors (Lipinski definition) is 0. The van der Waals surface area contributed by atoms with Crippen LogP contribution in [0.25, 0.3) is 0 Å². The minimum atomic E-state index is -3.62. The zero-order valence-electron chi connectivity index (χ0n) is 16.1. The molecule has 1 rings (SSSR count). The van der Waals surface area contributed by atoms with E-state index in [0.29, 0.717) is 11.6 Å². The van der Waals surface area contributed by atoms with Crippen molar-refractivity contribution < 1.29 is 17.9 Å². The Bertz CT molecular complexity index is 739. The van der Waals surface area contributed by atoms with E-state index >= 15 is 0 Å². The summed E-state index contributed by atoms with van der Waals surface area (Å²) in [5.41, 5.74) is 0.749. The molecular formula is C19H29NO4SSi. The quantitative estimate of drug-likeness (QED) is 0.263. The van der Waals surface area contributed by atoms with Crippen LogP contribution in [-0.4, -0.2) is 46.2 Å². The van der Waals surface area contributed by atoms with Crippen LogP contribution >= 0.6 is 0 Å². The highest BCUT2D eigenvalue weighted by Crippen LogP contribution is 2.31. The molecule has 1 unspecified atom stereocenters. The van der Waals surface area contributed by atoms with Gasteiger partial charge in [0.25, 0.3) is 0 Å². The van der Waals surface area contributed by atoms with Crippen molar-refractivity contribution in [2.45, 2.75) is 31.7 Å². The third-order valence-electron chi connectivity index (χ3n) is 3.96. The Morgan fingerprint density at radius 3 is 2.31 bits per heavy atom. The summed E-state index contributed by atoms with van der Waals surface area (Å²) < 4.78 is 32.3. The fraction of sp³-hybridized carbons (Fsp3) is 0.421. The number of carbonyl (C=O) groups excluding carboxylic acids is 1. The molecule has 26 heavy (non-hydrogen) atoms. The summed E-state index contributed by atoms with van der Waals surface area (Å²) in [7, 11) is -3.92. The van der Waals surface area contributed by atoms with Crippen LogP contribution in [0, 0.1) is 0 Å². The maximum atomic E-state index is 13.1. The average Bonchev–Trinajstić information content (AvgIpc) is 2.59. The van der Waals surface area contributed by atoms with E-state index in [9.17, 15) is 13.2 Å². The second kappa shape index (κ2) is 9.30. The molecule has 0 saturated carbocycles. The number of benzene rings is 1. The van der Waals surface area contributed by atoms with Crippen LogP contribution in [0.3, 0.4) is 0 Å². The Morgan fingerprint density at radius 2 is 1.85 bits per heavy atom. The van der Waals surface area contributed by atoms with Crippen LogP contribution in [0.1, 0.15) is 11.6 Å². The molecule has 0 aliphatic carbocycles. The molecule has 0 aliphatic heterocycles. The van der Waals surface area contributed by atoms with Crippen molar-refractivity contribution in [1.29, 1.82) is 0 Å². The molecule has 0 spiro atoms. The van der Waals surface area contributed by atoms with Gasteiger partial charge < -0.3 is 4.74 Å². The molecular weight excluding hydrogens is 366 g/mol. The molecule has 0 fully saturated rings. The summed E-state index contributed by atoms with van der Waals surface area (Å²) in [5, 5.41) is 0. The summed E-state index contributed by atoms with van der Waals surface area (Å²) in [6, 6.07) is 8.80. The largest absolute Gasteiger partial charge is 0.466 e. The van der Waals surface area contributed by atoms with E-state index in [1.807, 2.05) is 6.07 Å². The standard InChI is InChI=1S/C19H29NO4SSi/c1-7-13-20(25(22,23)14-15-26(4,5)6)18(16(2)19(21)24-3)17-11-9-8-10-12-17/h7-12,18H,1-2,13-15H2,3-6H3. The normalized spacial score (nSPS) is 13.3. The van der Waals surface area contributed by atoms with Crippen molar-refractivity contribution in [2.24, 2.45) is 0 Å². The second-order valence-electron chi connectivity index (χ2n) is 7.32. The molecule has 0 saturated heterocycles. The van der Waals surface area contributed by atoms with E-state index in [4.69, 9.17) is 4.74 Å². The number of sulfonamides is 1. The second-order valence-corrected chi connectivity index (χ2v) is 15.0. The minimum Gasteiger partial charge on any atom is -0.466 e. The van der Waals surface area contributed by atoms with E-state index in [2.05, 4.69) is 32.8 Å². The van der Waals surface area contributed by atoms with Gasteiger partial charge in [0.1, 0.15) is 0 Å². The molecule has 0 bridgehead atoms. The Kier molecular flexibility index (Phi) is 7.99. The lowest BCUT2D eigenvalue weighted by Crippen LogP contribution is -2.40. The van der Waals surface area contributed by atoms with Crippen LogP contribution in [0.15, 0.2) is 55.1 Å². The smallest absolute Gasteiger partial charge is 0.335 e. The van der Waals surface area contributed by atoms with Crippen molar-refractivity contribution in [3.63, 3.8) is 0 Å². The third-order valence-corrected chi connectivity index (χ3v) is 7.86. The summed E-state index contributed by atoms with van der Waals surface area (Å²) in [6.07, 6.45) is 1.52. The van der Waals surface area contributed by atoms with Gasteiger partial charge in [0, 0.05) is 14.6 Å². The molecule has 0 N–H and O–H groups in total. The molecule has 0 heterocycles. The van der Waals surface area contributed by atoms with E-state index in [1.54, 1.807) is 24.3 Å². The van der Waals surface area contributed by atoms with Crippen molar-refractivity contribution in [3.05, 3.63) is 60.7 Å². The van der Waals surface area contributed by atoms with E-state index in [-0.39, 0.29) is 17.9 Å². The van der Waals surface area contributed by atoms with E-state index in [0.717, 1.165) is 0 Å². The zero-order chi connectivity index (χ0) is 20.0. The zero-order valence-corrected chi connectivity index (χ0v) is 17.9. The first kappa shape index (κ1) is 22.3. The summed E-state index contributed by atoms with van der Waals surface area (Å²) in [4.78, 5) is 12.1. The van der Waals surface area contributed by atoms with E-state index < -0.39 is 30.1 Å². The van der Waals surface area contributed by atoms with Gasteiger partial charge in [0.15, 0.2) is 0 Å². The fourth-order valence-electron chi connectivity index (χ4n) is 2.48. The maximum Gasteiger partial charge on any atom is 0.335 e. The molecule has 7 heteroatoms. The fourth-order valence-corrected chi connectivity index (χ4v) is 7.10. The topological polar surface area (TPSA) is 63.7 Å². The lowest BCUT2D eigenvalue weighted by molar-refractivity contribution is -0.136. The first-order valence-electron chi connectivity index (χ1n) is 8.46. The highest BCUT2D eigenvalue weighted by atomic mass is 32.2. The van der Waals surface area contributed by atoms with Gasteiger partial charge in [-0.2, -0.15) is 4.31 Å². The van der Waals surface area contributed by atoms with Crippen LogP contribution in [0.2, 0.25) is 25.7 Å². The van der Waals surface area contributed by atoms with Gasteiger partial charge in [-0.3, -0.25) is 0 Å². The number of ether oxygens (including phenoxy) is 1. The van der Waals surface area contributed by atoms with Gasteiger partial charge in [0.05, 0.1) is 24.5 Å². The maximum absolute atomic E-state index is 13.1. The van der Waals surface area contributed by atoms with Gasteiger partial charge in [-0.1, -0.05) is 62.6 Å². The van der Waals surface area contributed by atoms with Crippen molar-refractivity contribution in [2.75, 3.05) is 19.4 Å². The first-order valence-corrected chi connectivity index (χ1v) is 13.8. The van der Waals surface area contributed by atoms with Gasteiger partial charge >= 0.3 is 5.97 Å². The first-order chi connectivity index (χ1) is 12.0. The Balaban J connectivity index is 3.38. The minimum absolute atomic E-state index is 0.0361. The molecule has 1 aromatic carbocycles. The monoisotopic (exact) mass is 395 g/mol. The predicted octanol–water partition coefficient (Wildman–Crippen LogP) is 3.61. The van der Waals surface area contributed by atoms with Gasteiger partial charge in [0.2, 0.25) is 10.0 Å². The SMILES string of the molecule is C=CCN(C(C(=C)C(=O)OC)c1ccccc1)S(=O)(=O)CC[Si](C)(C)C. The Labute approximate surface area is 158 Å². The molecule has 0 aliphatic rings. The molecule has 0 aromatic heterocycles. The van der Waals surface area contributed by atoms with Crippen molar-refractivity contribution in [3.8, 4) is 0 Å². The average molecular weight is 396 g/mol. The molecule has 0 amide bonds. The van der Waals surface area contributed by atoms with Crippen LogP contribution < -0.4 is 0 Å². The number of nitrogens with zero attached hydrogens (tertiary/aromatic N) is 1. The van der Waals surface area contributed by atoms with Crippen LogP contribution in [0.5, 0.6) is 0 Å². The summed E-state index contributed by atoms with van der Waals surface area (Å²) in [5.74, 6) is -0.595. The number of methoxy groups -OCH3 is 1. The summed E-state index contributed by atoms with van der Waals surface area (Å²) >= 11 is 0. The lowest BCUT2D eigenvalue weighted by atomic mass is 10.00.